The molecule has 3 rings (SSSR count). The lowest BCUT2D eigenvalue weighted by molar-refractivity contribution is -0.0846. The van der Waals surface area contributed by atoms with E-state index in [0.717, 1.165) is 0 Å². The van der Waals surface area contributed by atoms with E-state index in [4.69, 9.17) is 29.2 Å². The summed E-state index contributed by atoms with van der Waals surface area (Å²) in [5.41, 5.74) is -1.53. The van der Waals surface area contributed by atoms with E-state index in [1.165, 1.54) is 17.8 Å². The average molecular weight is 365 g/mol. The van der Waals surface area contributed by atoms with Crippen molar-refractivity contribution in [2.75, 3.05) is 0 Å². The molecule has 1 aliphatic rings. The summed E-state index contributed by atoms with van der Waals surface area (Å²) in [6, 6.07) is 0. The van der Waals surface area contributed by atoms with E-state index in [-0.39, 0.29) is 16.2 Å². The normalized spacial score (nSPS) is 30.8. The minimum absolute atomic E-state index is 0.0108. The van der Waals surface area contributed by atoms with Gasteiger partial charge in [-0.2, -0.15) is 4.98 Å². The number of rotatable bonds is 3. The van der Waals surface area contributed by atoms with Crippen LogP contribution in [0.4, 0.5) is 5.95 Å². The number of nitrogens with two attached hydrogens (primary N) is 1. The predicted molar refractivity (Wildman–Crippen MR) is 86.8 cm³/mol. The molecule has 1 saturated heterocycles. The number of aliphatic hydroxyl groups excluding tert-OH is 2. The van der Waals surface area contributed by atoms with Crippen LogP contribution in [0.3, 0.4) is 0 Å². The van der Waals surface area contributed by atoms with Crippen molar-refractivity contribution in [2.24, 2.45) is 16.2 Å². The second-order valence-electron chi connectivity index (χ2n) is 5.54. The molecule has 1 unspecified atom stereocenters. The fraction of sp³-hybridized carbons (Fsp3) is 0.462. The predicted octanol–water partition coefficient (Wildman–Crippen LogP) is -0.550. The minimum atomic E-state index is -2.11. The number of ether oxygens (including phenoxy) is 1. The molecule has 11 nitrogen and oxygen atoms in total. The lowest BCUT2D eigenvalue weighted by Crippen LogP contribution is -2.47. The van der Waals surface area contributed by atoms with Crippen LogP contribution in [0.2, 0.25) is 0 Å². The van der Waals surface area contributed by atoms with Crippen LogP contribution < -0.4 is 5.84 Å². The number of terminal acetylenes is 1. The second-order valence-corrected chi connectivity index (χ2v) is 5.92. The molecule has 0 aliphatic carbocycles. The summed E-state index contributed by atoms with van der Waals surface area (Å²) in [6.07, 6.45) is 1.80. The van der Waals surface area contributed by atoms with E-state index in [1.807, 2.05) is 0 Å². The maximum Gasteiger partial charge on any atom is 0.251 e. The Morgan fingerprint density at radius 2 is 2.36 bits per heavy atom. The number of nitrogens with one attached hydrogen (secondary N) is 1. The fourth-order valence-corrected chi connectivity index (χ4v) is 2.98. The van der Waals surface area contributed by atoms with Crippen LogP contribution in [0.1, 0.15) is 13.2 Å². The zero-order chi connectivity index (χ0) is 18.4. The van der Waals surface area contributed by atoms with Crippen molar-refractivity contribution in [1.29, 1.82) is 0 Å². The average Bonchev–Trinajstić information content (AvgIpc) is 3.09. The van der Waals surface area contributed by atoms with E-state index in [1.54, 1.807) is 0 Å². The van der Waals surface area contributed by atoms with Gasteiger partial charge in [-0.05, 0) is 6.92 Å². The van der Waals surface area contributed by atoms with Crippen molar-refractivity contribution in [3.05, 3.63) is 11.0 Å². The Bertz CT molecular complexity index is 933. The van der Waals surface area contributed by atoms with Crippen LogP contribution >= 0.6 is 12.2 Å². The van der Waals surface area contributed by atoms with Gasteiger partial charge in [-0.3, -0.25) is 4.57 Å². The summed E-state index contributed by atoms with van der Waals surface area (Å²) < 4.78 is 7.07. The molecule has 5 atom stereocenters. The highest BCUT2D eigenvalue weighted by Gasteiger charge is 2.57. The monoisotopic (exact) mass is 365 g/mol. The molecule has 0 aromatic carbocycles. The highest BCUT2D eigenvalue weighted by Crippen LogP contribution is 2.40. The van der Waals surface area contributed by atoms with Gasteiger partial charge in [-0.15, -0.1) is 6.42 Å². The minimum Gasteiger partial charge on any atom is -0.391 e. The van der Waals surface area contributed by atoms with Crippen molar-refractivity contribution < 1.29 is 20.1 Å². The van der Waals surface area contributed by atoms with Gasteiger partial charge in [0, 0.05) is 0 Å². The summed E-state index contributed by atoms with van der Waals surface area (Å²) in [6.45, 7) is 1.41. The van der Waals surface area contributed by atoms with Crippen LogP contribution in [-0.4, -0.2) is 58.8 Å². The summed E-state index contributed by atoms with van der Waals surface area (Å²) in [5.74, 6) is 7.16. The number of hydrogen-bond donors (Lipinski definition) is 5. The molecule has 1 aliphatic heterocycles. The molecule has 2 aromatic rings. The van der Waals surface area contributed by atoms with Gasteiger partial charge in [0.2, 0.25) is 0 Å². The largest absolute Gasteiger partial charge is 0.391 e. The Balaban J connectivity index is 2.18. The molecule has 0 bridgehead atoms. The van der Waals surface area contributed by atoms with Crippen LogP contribution in [0.5, 0.6) is 0 Å². The molecular formula is C13H15N7O4S. The maximum atomic E-state index is 10.7. The van der Waals surface area contributed by atoms with Gasteiger partial charge in [-0.1, -0.05) is 28.5 Å². The molecule has 25 heavy (non-hydrogen) atoms. The van der Waals surface area contributed by atoms with E-state index in [0.29, 0.717) is 5.52 Å². The standard InChI is InChI=1S/C13H15N7O4S/c1-3-13(23)8(22)7(5(2)21)24-11(13)20-4-15-6-9(20)16-12(18-19-14)17-10(6)25/h1,4-5,7-8,11,21-23H,2H3,(H3,14,16,17,18,25)/t5-,7-,8?,11-,13-/m1/s1. The lowest BCUT2D eigenvalue weighted by Gasteiger charge is -2.26. The molecule has 0 amide bonds. The molecule has 0 spiro atoms. The number of aromatic amines is 1. The summed E-state index contributed by atoms with van der Waals surface area (Å²) in [4.78, 5) is 10.9. The molecule has 3 heterocycles. The first-order valence-electron chi connectivity index (χ1n) is 7.13. The Labute approximate surface area is 146 Å². The first-order valence-corrected chi connectivity index (χ1v) is 7.53. The van der Waals surface area contributed by atoms with E-state index >= 15 is 0 Å². The zero-order valence-electron chi connectivity index (χ0n) is 12.9. The van der Waals surface area contributed by atoms with E-state index in [2.05, 4.69) is 31.2 Å². The number of fused-ring (bicyclic) bond motifs is 1. The van der Waals surface area contributed by atoms with Crippen molar-refractivity contribution in [2.45, 2.75) is 37.1 Å². The summed E-state index contributed by atoms with van der Waals surface area (Å²) >= 11 is 5.13. The molecular weight excluding hydrogens is 350 g/mol. The van der Waals surface area contributed by atoms with Crippen molar-refractivity contribution in [3.63, 3.8) is 0 Å². The maximum absolute atomic E-state index is 10.7. The highest BCUT2D eigenvalue weighted by molar-refractivity contribution is 7.71. The number of aliphatic hydroxyl groups is 3. The second kappa shape index (κ2) is 6.14. The lowest BCUT2D eigenvalue weighted by atomic mass is 9.93. The van der Waals surface area contributed by atoms with Gasteiger partial charge >= 0.3 is 0 Å². The first kappa shape index (κ1) is 17.4. The third-order valence-corrected chi connectivity index (χ3v) is 4.26. The summed E-state index contributed by atoms with van der Waals surface area (Å²) in [5, 5.41) is 37.5. The van der Waals surface area contributed by atoms with Gasteiger partial charge in [0.05, 0.1) is 12.4 Å². The topological polar surface area (TPSA) is 167 Å². The van der Waals surface area contributed by atoms with E-state index < -0.39 is 30.1 Å². The quantitative estimate of drug-likeness (QED) is 0.159. The van der Waals surface area contributed by atoms with Crippen LogP contribution in [-0.2, 0) is 4.74 Å². The molecule has 0 saturated carbocycles. The Hall–Kier alpha value is -2.43. The Morgan fingerprint density at radius 1 is 1.64 bits per heavy atom. The molecule has 12 heteroatoms. The Kier molecular flexibility index (Phi) is 4.27. The Morgan fingerprint density at radius 3 is 2.96 bits per heavy atom. The molecule has 1 fully saturated rings. The van der Waals surface area contributed by atoms with Crippen LogP contribution in [0.25, 0.3) is 11.2 Å². The van der Waals surface area contributed by atoms with Gasteiger partial charge < -0.3 is 30.9 Å². The summed E-state index contributed by atoms with van der Waals surface area (Å²) in [7, 11) is 0. The molecule has 132 valence electrons. The third kappa shape index (κ3) is 2.58. The number of hydrogen-bond acceptors (Lipinski definition) is 9. The molecule has 6 N–H and O–H groups in total. The van der Waals surface area contributed by atoms with Gasteiger partial charge in [0.1, 0.15) is 23.4 Å². The van der Waals surface area contributed by atoms with E-state index in [9.17, 15) is 15.3 Å². The number of aromatic nitrogens is 4. The molecule has 0 radical (unpaired) electrons. The van der Waals surface area contributed by atoms with Gasteiger partial charge in [0.15, 0.2) is 16.5 Å². The first-order chi connectivity index (χ1) is 11.8. The number of H-pyrrole nitrogens is 1. The number of nitrogens with zero attached hydrogens (tertiary/aromatic N) is 5. The van der Waals surface area contributed by atoms with Crippen LogP contribution in [0.15, 0.2) is 16.7 Å². The van der Waals surface area contributed by atoms with Gasteiger partial charge in [0.25, 0.3) is 5.95 Å². The zero-order valence-corrected chi connectivity index (χ0v) is 13.8. The van der Waals surface area contributed by atoms with Gasteiger partial charge in [-0.25, -0.2) is 4.98 Å². The third-order valence-electron chi connectivity index (χ3n) is 3.97. The van der Waals surface area contributed by atoms with Crippen LogP contribution in [0, 0.1) is 17.0 Å². The number of imidazole rings is 1. The SMILES string of the molecule is C#C[C@@]1(O)C(O)[C@@H]([C@@H](C)O)O[C@H]1n1cnc2c(=S)nc(N=NN)[nH]c21. The smallest absolute Gasteiger partial charge is 0.251 e. The molecule has 2 aromatic heterocycles. The van der Waals surface area contributed by atoms with Crippen molar-refractivity contribution >= 4 is 29.3 Å². The highest BCUT2D eigenvalue weighted by atomic mass is 32.1. The fourth-order valence-electron chi connectivity index (χ4n) is 2.74. The van der Waals surface area contributed by atoms with Crippen molar-refractivity contribution in [1.82, 2.24) is 19.5 Å². The van der Waals surface area contributed by atoms with Crippen molar-refractivity contribution in [3.8, 4) is 12.3 Å².